The molecule has 1 aromatic carbocycles. The minimum Gasteiger partial charge on any atom is -0.476 e. The molecule has 3 rings (SSSR count). The molecular weight excluding hydrogens is 249 g/mol. The number of fused-ring (bicyclic) bond motifs is 1. The highest BCUT2D eigenvalue weighted by atomic mass is 19.1. The predicted octanol–water partition coefficient (Wildman–Crippen LogP) is 2.01. The van der Waals surface area contributed by atoms with Crippen LogP contribution in [-0.2, 0) is 6.42 Å². The molecule has 6 heteroatoms. The van der Waals surface area contributed by atoms with E-state index in [0.717, 1.165) is 17.7 Å². The van der Waals surface area contributed by atoms with E-state index in [0.29, 0.717) is 12.4 Å². The van der Waals surface area contributed by atoms with E-state index in [1.54, 1.807) is 11.0 Å². The van der Waals surface area contributed by atoms with Crippen LogP contribution in [0.15, 0.2) is 30.6 Å². The molecule has 0 unspecified atom stereocenters. The van der Waals surface area contributed by atoms with Crippen LogP contribution in [0.3, 0.4) is 0 Å². The maximum absolute atomic E-state index is 13.3. The molecule has 2 heterocycles. The van der Waals surface area contributed by atoms with Crippen molar-refractivity contribution in [3.05, 3.63) is 47.7 Å². The zero-order valence-corrected chi connectivity index (χ0v) is 9.88. The molecule has 1 aromatic heterocycles. The summed E-state index contributed by atoms with van der Waals surface area (Å²) in [5, 5.41) is 8.91. The third-order valence-electron chi connectivity index (χ3n) is 3.06. The molecule has 1 aliphatic rings. The number of carboxylic acids is 1. The summed E-state index contributed by atoms with van der Waals surface area (Å²) in [6, 6.07) is 4.58. The van der Waals surface area contributed by atoms with Gasteiger partial charge in [0, 0.05) is 12.2 Å². The molecule has 0 saturated heterocycles. The van der Waals surface area contributed by atoms with E-state index in [-0.39, 0.29) is 11.5 Å². The highest BCUT2D eigenvalue weighted by molar-refractivity contribution is 5.85. The molecule has 19 heavy (non-hydrogen) atoms. The molecular formula is C13H10FN3O2. The van der Waals surface area contributed by atoms with Crippen LogP contribution in [0, 0.1) is 5.82 Å². The number of carboxylic acid groups (broad SMARTS) is 1. The molecule has 0 aliphatic carbocycles. The van der Waals surface area contributed by atoms with E-state index >= 15 is 0 Å². The van der Waals surface area contributed by atoms with Crippen LogP contribution in [0.4, 0.5) is 15.9 Å². The monoisotopic (exact) mass is 259 g/mol. The fourth-order valence-corrected chi connectivity index (χ4v) is 2.18. The number of benzene rings is 1. The first-order valence-electron chi connectivity index (χ1n) is 5.76. The standard InChI is InChI=1S/C13H10FN3O2/c14-9-2-1-8-3-4-17(11(8)5-9)12-7-15-6-10(16-12)13(18)19/h1-2,5-7H,3-4H2,(H,18,19). The van der Waals surface area contributed by atoms with Crippen molar-refractivity contribution in [3.8, 4) is 0 Å². The molecule has 0 amide bonds. The van der Waals surface area contributed by atoms with Crippen molar-refractivity contribution < 1.29 is 14.3 Å². The van der Waals surface area contributed by atoms with Crippen molar-refractivity contribution in [2.24, 2.45) is 0 Å². The van der Waals surface area contributed by atoms with Gasteiger partial charge in [-0.05, 0) is 24.1 Å². The van der Waals surface area contributed by atoms with Gasteiger partial charge in [-0.25, -0.2) is 14.2 Å². The van der Waals surface area contributed by atoms with Crippen molar-refractivity contribution >= 4 is 17.5 Å². The summed E-state index contributed by atoms with van der Waals surface area (Å²) in [5.74, 6) is -1.04. The number of halogens is 1. The molecule has 0 radical (unpaired) electrons. The summed E-state index contributed by atoms with van der Waals surface area (Å²) in [5.41, 5.74) is 1.61. The largest absolute Gasteiger partial charge is 0.476 e. The van der Waals surface area contributed by atoms with Gasteiger partial charge in [0.1, 0.15) is 5.82 Å². The Hall–Kier alpha value is -2.50. The van der Waals surface area contributed by atoms with Gasteiger partial charge < -0.3 is 10.0 Å². The number of hydrogen-bond acceptors (Lipinski definition) is 4. The second-order valence-electron chi connectivity index (χ2n) is 4.24. The Morgan fingerprint density at radius 3 is 3.00 bits per heavy atom. The van der Waals surface area contributed by atoms with Gasteiger partial charge in [-0.15, -0.1) is 0 Å². The molecule has 0 bridgehead atoms. The second kappa shape index (κ2) is 4.31. The quantitative estimate of drug-likeness (QED) is 0.893. The zero-order valence-electron chi connectivity index (χ0n) is 9.88. The Balaban J connectivity index is 2.04. The first-order chi connectivity index (χ1) is 9.15. The van der Waals surface area contributed by atoms with Gasteiger partial charge in [0.05, 0.1) is 12.4 Å². The molecule has 0 atom stereocenters. The van der Waals surface area contributed by atoms with Crippen LogP contribution in [-0.4, -0.2) is 27.6 Å². The molecule has 0 spiro atoms. The second-order valence-corrected chi connectivity index (χ2v) is 4.24. The Morgan fingerprint density at radius 1 is 1.37 bits per heavy atom. The van der Waals surface area contributed by atoms with E-state index in [1.165, 1.54) is 24.5 Å². The fraction of sp³-hybridized carbons (Fsp3) is 0.154. The molecule has 1 N–H and O–H groups in total. The number of carbonyl (C=O) groups is 1. The SMILES string of the molecule is O=C(O)c1cncc(N2CCc3ccc(F)cc32)n1. The Bertz CT molecular complexity index is 660. The lowest BCUT2D eigenvalue weighted by molar-refractivity contribution is 0.0690. The number of aromatic carboxylic acids is 1. The van der Waals surface area contributed by atoms with Crippen LogP contribution >= 0.6 is 0 Å². The van der Waals surface area contributed by atoms with Gasteiger partial charge >= 0.3 is 5.97 Å². The average Bonchev–Trinajstić information content (AvgIpc) is 2.81. The topological polar surface area (TPSA) is 66.3 Å². The maximum Gasteiger partial charge on any atom is 0.356 e. The highest BCUT2D eigenvalue weighted by Crippen LogP contribution is 2.33. The van der Waals surface area contributed by atoms with Crippen LogP contribution in [0.5, 0.6) is 0 Å². The highest BCUT2D eigenvalue weighted by Gasteiger charge is 2.22. The number of rotatable bonds is 2. The van der Waals surface area contributed by atoms with Crippen LogP contribution < -0.4 is 4.90 Å². The van der Waals surface area contributed by atoms with Gasteiger partial charge in [0.25, 0.3) is 0 Å². The zero-order chi connectivity index (χ0) is 13.4. The summed E-state index contributed by atoms with van der Waals surface area (Å²) in [6.07, 6.45) is 3.44. The number of anilines is 2. The molecule has 5 nitrogen and oxygen atoms in total. The first kappa shape index (κ1) is 11.6. The summed E-state index contributed by atoms with van der Waals surface area (Å²) < 4.78 is 13.3. The van der Waals surface area contributed by atoms with Crippen molar-refractivity contribution in [3.63, 3.8) is 0 Å². The van der Waals surface area contributed by atoms with E-state index < -0.39 is 5.97 Å². The predicted molar refractivity (Wildman–Crippen MR) is 66.1 cm³/mol. The maximum atomic E-state index is 13.3. The van der Waals surface area contributed by atoms with Gasteiger partial charge in [0.15, 0.2) is 11.5 Å². The minimum absolute atomic E-state index is 0.123. The molecule has 0 saturated carbocycles. The molecule has 0 fully saturated rings. The Kier molecular flexibility index (Phi) is 2.63. The van der Waals surface area contributed by atoms with Crippen LogP contribution in [0.2, 0.25) is 0 Å². The van der Waals surface area contributed by atoms with E-state index in [2.05, 4.69) is 9.97 Å². The smallest absolute Gasteiger partial charge is 0.356 e. The van der Waals surface area contributed by atoms with Gasteiger partial charge in [0.2, 0.25) is 0 Å². The lowest BCUT2D eigenvalue weighted by atomic mass is 10.2. The van der Waals surface area contributed by atoms with Gasteiger partial charge in [-0.3, -0.25) is 4.98 Å². The summed E-state index contributed by atoms with van der Waals surface area (Å²) in [6.45, 7) is 0.635. The van der Waals surface area contributed by atoms with Crippen molar-refractivity contribution in [2.75, 3.05) is 11.4 Å². The Morgan fingerprint density at radius 2 is 2.21 bits per heavy atom. The van der Waals surface area contributed by atoms with Crippen LogP contribution in [0.1, 0.15) is 16.1 Å². The minimum atomic E-state index is -1.13. The van der Waals surface area contributed by atoms with Crippen molar-refractivity contribution in [1.82, 2.24) is 9.97 Å². The van der Waals surface area contributed by atoms with Crippen molar-refractivity contribution in [2.45, 2.75) is 6.42 Å². The number of nitrogens with zero attached hydrogens (tertiary/aromatic N) is 3. The summed E-state index contributed by atoms with van der Waals surface area (Å²) >= 11 is 0. The molecule has 96 valence electrons. The summed E-state index contributed by atoms with van der Waals surface area (Å²) in [4.78, 5) is 20.6. The third kappa shape index (κ3) is 2.01. The Labute approximate surface area is 108 Å². The van der Waals surface area contributed by atoms with E-state index in [9.17, 15) is 9.18 Å². The number of aromatic nitrogens is 2. The van der Waals surface area contributed by atoms with E-state index in [4.69, 9.17) is 5.11 Å². The van der Waals surface area contributed by atoms with Gasteiger partial charge in [-0.1, -0.05) is 6.07 Å². The summed E-state index contributed by atoms with van der Waals surface area (Å²) in [7, 11) is 0. The third-order valence-corrected chi connectivity index (χ3v) is 3.06. The van der Waals surface area contributed by atoms with E-state index in [1.807, 2.05) is 0 Å². The molecule has 1 aliphatic heterocycles. The average molecular weight is 259 g/mol. The normalized spacial score (nSPS) is 13.4. The number of hydrogen-bond donors (Lipinski definition) is 1. The van der Waals surface area contributed by atoms with Crippen LogP contribution in [0.25, 0.3) is 0 Å². The lowest BCUT2D eigenvalue weighted by Crippen LogP contribution is -2.16. The first-order valence-corrected chi connectivity index (χ1v) is 5.76. The van der Waals surface area contributed by atoms with Crippen molar-refractivity contribution in [1.29, 1.82) is 0 Å². The van der Waals surface area contributed by atoms with Gasteiger partial charge in [-0.2, -0.15) is 0 Å². The lowest BCUT2D eigenvalue weighted by Gasteiger charge is -2.18. The fourth-order valence-electron chi connectivity index (χ4n) is 2.18. The molecule has 2 aromatic rings.